The second-order valence-electron chi connectivity index (χ2n) is 15.7. The number of rotatable bonds is 8. The van der Waals surface area contributed by atoms with E-state index in [4.69, 9.17) is 9.47 Å². The summed E-state index contributed by atoms with van der Waals surface area (Å²) in [4.78, 5) is 13.9. The number of hydrogen-bond donors (Lipinski definition) is 7. The molecule has 10 heteroatoms. The van der Waals surface area contributed by atoms with E-state index in [1.165, 1.54) is 0 Å². The molecule has 5 rings (SSSR count). The molecule has 1 aliphatic heterocycles. The first-order valence-corrected chi connectivity index (χ1v) is 16.7. The molecule has 0 aromatic heterocycles. The van der Waals surface area contributed by atoms with Crippen LogP contribution in [0.2, 0.25) is 0 Å². The van der Waals surface area contributed by atoms with Crippen LogP contribution in [0.15, 0.2) is 0 Å². The van der Waals surface area contributed by atoms with Gasteiger partial charge in [-0.1, -0.05) is 34.6 Å². The van der Waals surface area contributed by atoms with E-state index in [-0.39, 0.29) is 58.2 Å². The van der Waals surface area contributed by atoms with Crippen molar-refractivity contribution in [3.8, 4) is 0 Å². The third kappa shape index (κ3) is 5.76. The van der Waals surface area contributed by atoms with Crippen LogP contribution in [0.1, 0.15) is 86.0 Å². The van der Waals surface area contributed by atoms with Crippen molar-refractivity contribution < 1.29 is 50.0 Å². The maximum absolute atomic E-state index is 13.9. The molecule has 4 saturated carbocycles. The van der Waals surface area contributed by atoms with Crippen LogP contribution in [0, 0.1) is 52.3 Å². The Morgan fingerprint density at radius 1 is 0.930 bits per heavy atom. The molecule has 7 N–H and O–H groups in total. The summed E-state index contributed by atoms with van der Waals surface area (Å²) in [6, 6.07) is 0. The Balaban J connectivity index is 1.28. The number of aliphatic hydroxyl groups is 7. The molecule has 10 nitrogen and oxygen atoms in total. The van der Waals surface area contributed by atoms with Crippen molar-refractivity contribution in [3.63, 3.8) is 0 Å². The summed E-state index contributed by atoms with van der Waals surface area (Å²) in [5, 5.41) is 72.9. The van der Waals surface area contributed by atoms with Crippen molar-refractivity contribution in [1.29, 1.82) is 0 Å². The summed E-state index contributed by atoms with van der Waals surface area (Å²) in [7, 11) is 0. The predicted molar refractivity (Wildman–Crippen MR) is 156 cm³/mol. The van der Waals surface area contributed by atoms with Crippen LogP contribution >= 0.6 is 0 Å². The van der Waals surface area contributed by atoms with Gasteiger partial charge in [-0.25, -0.2) is 0 Å². The van der Waals surface area contributed by atoms with E-state index in [1.54, 1.807) is 0 Å². The number of hydrogen-bond acceptors (Lipinski definition) is 10. The molecule has 43 heavy (non-hydrogen) atoms. The fraction of sp³-hybridized carbons (Fsp3) is 0.970. The monoisotopic (exact) mass is 612 g/mol. The van der Waals surface area contributed by atoms with Crippen molar-refractivity contribution in [1.82, 2.24) is 0 Å². The average molecular weight is 613 g/mol. The summed E-state index contributed by atoms with van der Waals surface area (Å²) in [6.45, 7) is 9.88. The summed E-state index contributed by atoms with van der Waals surface area (Å²) >= 11 is 0. The first-order valence-electron chi connectivity index (χ1n) is 16.7. The van der Waals surface area contributed by atoms with Gasteiger partial charge in [-0.2, -0.15) is 0 Å². The fourth-order valence-electron chi connectivity index (χ4n) is 10.7. The largest absolute Gasteiger partial charge is 0.394 e. The Morgan fingerprint density at radius 2 is 1.60 bits per heavy atom. The quantitative estimate of drug-likeness (QED) is 0.198. The van der Waals surface area contributed by atoms with Crippen molar-refractivity contribution in [2.45, 2.75) is 141 Å². The fourth-order valence-corrected chi connectivity index (χ4v) is 10.7. The smallest absolute Gasteiger partial charge is 0.186 e. The van der Waals surface area contributed by atoms with Gasteiger partial charge in [0.1, 0.15) is 30.2 Å². The van der Waals surface area contributed by atoms with Gasteiger partial charge in [0.2, 0.25) is 0 Å². The minimum absolute atomic E-state index is 0.00392. The number of ketones is 1. The molecule has 4 aliphatic carbocycles. The second-order valence-corrected chi connectivity index (χ2v) is 15.7. The van der Waals surface area contributed by atoms with Crippen LogP contribution in [0.25, 0.3) is 0 Å². The van der Waals surface area contributed by atoms with Gasteiger partial charge < -0.3 is 45.2 Å². The number of aliphatic hydroxyl groups excluding tert-OH is 7. The van der Waals surface area contributed by atoms with Gasteiger partial charge in [-0.05, 0) is 91.3 Å². The van der Waals surface area contributed by atoms with Gasteiger partial charge in [0, 0.05) is 12.3 Å². The molecule has 0 amide bonds. The Bertz CT molecular complexity index is 991. The molecule has 5 fully saturated rings. The topological polar surface area (TPSA) is 177 Å². The van der Waals surface area contributed by atoms with E-state index >= 15 is 0 Å². The predicted octanol–water partition coefficient (Wildman–Crippen LogP) is 1.38. The van der Waals surface area contributed by atoms with Crippen molar-refractivity contribution in [3.05, 3.63) is 0 Å². The number of carbonyl (C=O) groups is 1. The summed E-state index contributed by atoms with van der Waals surface area (Å²) in [6.07, 6.45) is -3.73. The van der Waals surface area contributed by atoms with Crippen LogP contribution in [-0.2, 0) is 14.3 Å². The van der Waals surface area contributed by atoms with E-state index in [9.17, 15) is 40.5 Å². The summed E-state index contributed by atoms with van der Waals surface area (Å²) in [5.74, 6) is 0.745. The van der Waals surface area contributed by atoms with E-state index in [2.05, 4.69) is 20.8 Å². The highest BCUT2D eigenvalue weighted by atomic mass is 16.7. The molecule has 0 aromatic carbocycles. The number of Topliss-reactive ketones (excluding diaryl/α,β-unsaturated/α-hetero) is 1. The van der Waals surface area contributed by atoms with Gasteiger partial charge >= 0.3 is 0 Å². The van der Waals surface area contributed by atoms with Gasteiger partial charge in [-0.3, -0.25) is 4.79 Å². The highest BCUT2D eigenvalue weighted by Gasteiger charge is 2.64. The zero-order chi connectivity index (χ0) is 31.6. The van der Waals surface area contributed by atoms with Crippen LogP contribution in [0.4, 0.5) is 0 Å². The molecule has 248 valence electrons. The molecule has 0 bridgehead atoms. The number of carbonyl (C=O) groups excluding carboxylic acids is 1. The Hall–Kier alpha value is -0.690. The third-order valence-electron chi connectivity index (χ3n) is 13.0. The molecule has 1 heterocycles. The maximum atomic E-state index is 13.9. The van der Waals surface area contributed by atoms with Gasteiger partial charge in [0.05, 0.1) is 31.0 Å². The number of ether oxygens (including phenoxy) is 2. The van der Waals surface area contributed by atoms with Crippen LogP contribution in [0.3, 0.4) is 0 Å². The molecular weight excluding hydrogens is 556 g/mol. The number of fused-ring (bicyclic) bond motifs is 5. The molecule has 0 aromatic rings. The first kappa shape index (κ1) is 33.7. The SMILES string of the molecule is CC(C)C(O)C(O)CC(C)C1C(O)CC2C3CC(=O)C4CC(OC5OC(CO)C(O)C(O)C5O)CCC4(C)C3CCC21C. The minimum atomic E-state index is -1.50. The maximum Gasteiger partial charge on any atom is 0.186 e. The summed E-state index contributed by atoms with van der Waals surface area (Å²) in [5.41, 5.74) is -0.349. The van der Waals surface area contributed by atoms with Crippen LogP contribution < -0.4 is 0 Å². The lowest BCUT2D eigenvalue weighted by Crippen LogP contribution is -2.61. The second kappa shape index (κ2) is 12.5. The van der Waals surface area contributed by atoms with Crippen molar-refractivity contribution >= 4 is 5.78 Å². The van der Waals surface area contributed by atoms with Crippen molar-refractivity contribution in [2.24, 2.45) is 52.3 Å². The zero-order valence-corrected chi connectivity index (χ0v) is 26.5. The summed E-state index contributed by atoms with van der Waals surface area (Å²) < 4.78 is 11.7. The lowest BCUT2D eigenvalue weighted by Gasteiger charge is -2.60. The Labute approximate surface area is 255 Å². The van der Waals surface area contributed by atoms with Gasteiger partial charge in [0.25, 0.3) is 0 Å². The Morgan fingerprint density at radius 3 is 2.26 bits per heavy atom. The van der Waals surface area contributed by atoms with E-state index in [0.29, 0.717) is 38.0 Å². The molecule has 0 radical (unpaired) electrons. The van der Waals surface area contributed by atoms with Crippen LogP contribution in [0.5, 0.6) is 0 Å². The first-order chi connectivity index (χ1) is 20.1. The molecule has 1 saturated heterocycles. The zero-order valence-electron chi connectivity index (χ0n) is 26.5. The lowest BCUT2D eigenvalue weighted by molar-refractivity contribution is -0.315. The van der Waals surface area contributed by atoms with E-state index in [1.807, 2.05) is 13.8 Å². The average Bonchev–Trinajstić information content (AvgIpc) is 3.23. The molecule has 17 unspecified atom stereocenters. The molecule has 5 aliphatic rings. The normalized spacial score (nSPS) is 50.5. The van der Waals surface area contributed by atoms with E-state index < -0.39 is 55.6 Å². The molecule has 17 atom stereocenters. The van der Waals surface area contributed by atoms with E-state index in [0.717, 1.165) is 19.3 Å². The van der Waals surface area contributed by atoms with Crippen molar-refractivity contribution in [2.75, 3.05) is 6.61 Å². The molecule has 0 spiro atoms. The van der Waals surface area contributed by atoms with Crippen LogP contribution in [-0.4, -0.2) is 103 Å². The molecular formula is C33H56O10. The third-order valence-corrected chi connectivity index (χ3v) is 13.0. The highest BCUT2D eigenvalue weighted by molar-refractivity contribution is 5.83. The van der Waals surface area contributed by atoms with Gasteiger partial charge in [-0.15, -0.1) is 0 Å². The van der Waals surface area contributed by atoms with Gasteiger partial charge in [0.15, 0.2) is 6.29 Å². The highest BCUT2D eigenvalue weighted by Crippen LogP contribution is 2.68. The standard InChI is InChI=1S/C33H56O10/c1-15(2)27(38)24(37)10-16(3)26-23(36)13-20-18-12-22(35)21-11-17(6-8-32(21,4)19(18)7-9-33(20,26)5)42-31-30(41)29(40)28(39)25(14-34)43-31/h15-21,23-31,34,36-41H,6-14H2,1-5H3. The Kier molecular flexibility index (Phi) is 9.78. The lowest BCUT2D eigenvalue weighted by atomic mass is 9.44. The minimum Gasteiger partial charge on any atom is -0.394 e.